The number of ether oxygens (including phenoxy) is 1. The number of nitrogens with one attached hydrogen (secondary N) is 1. The monoisotopic (exact) mass is 378 g/mol. The van der Waals surface area contributed by atoms with Gasteiger partial charge in [0.15, 0.2) is 0 Å². The fourth-order valence-corrected chi connectivity index (χ4v) is 4.65. The lowest BCUT2D eigenvalue weighted by Crippen LogP contribution is -2.48. The highest BCUT2D eigenvalue weighted by Gasteiger charge is 2.32. The second-order valence-corrected chi connectivity index (χ2v) is 8.49. The summed E-state index contributed by atoms with van der Waals surface area (Å²) in [6.07, 6.45) is -0.259. The molecular formula is C19H23FN2O3S. The lowest BCUT2D eigenvalue weighted by molar-refractivity contribution is -0.0440. The minimum absolute atomic E-state index is 0.129. The molecule has 0 aromatic heterocycles. The second kappa shape index (κ2) is 7.73. The van der Waals surface area contributed by atoms with Crippen molar-refractivity contribution in [3.63, 3.8) is 0 Å². The molecule has 140 valence electrons. The highest BCUT2D eigenvalue weighted by Crippen LogP contribution is 2.22. The lowest BCUT2D eigenvalue weighted by atomic mass is 10.2. The van der Waals surface area contributed by atoms with Crippen LogP contribution in [0.2, 0.25) is 0 Å². The first-order valence-electron chi connectivity index (χ1n) is 8.59. The molecule has 1 aliphatic rings. The van der Waals surface area contributed by atoms with Crippen molar-refractivity contribution < 1.29 is 17.5 Å². The molecule has 1 aliphatic heterocycles. The molecule has 1 N–H and O–H groups in total. The molecule has 7 heteroatoms. The van der Waals surface area contributed by atoms with Crippen molar-refractivity contribution in [2.24, 2.45) is 0 Å². The summed E-state index contributed by atoms with van der Waals surface area (Å²) in [6.45, 7) is 4.76. The lowest BCUT2D eigenvalue weighted by Gasteiger charge is -2.34. The number of morpholine rings is 1. The molecule has 1 fully saturated rings. The number of anilines is 1. The van der Waals surface area contributed by atoms with Crippen LogP contribution in [0.25, 0.3) is 0 Å². The van der Waals surface area contributed by atoms with E-state index in [4.69, 9.17) is 4.74 Å². The van der Waals surface area contributed by atoms with E-state index in [2.05, 4.69) is 5.32 Å². The Kier molecular flexibility index (Phi) is 5.60. The summed E-state index contributed by atoms with van der Waals surface area (Å²) in [6, 6.07) is 13.1. The SMILES string of the molecule is CC1CN(S(=O)(=O)c2ccc(NCc3ccccc3F)cc2)CC(C)O1. The molecule has 2 aromatic rings. The molecule has 0 aliphatic carbocycles. The van der Waals surface area contributed by atoms with Gasteiger partial charge in [-0.2, -0.15) is 4.31 Å². The summed E-state index contributed by atoms with van der Waals surface area (Å²) in [4.78, 5) is 0.246. The highest BCUT2D eigenvalue weighted by atomic mass is 32.2. The quantitative estimate of drug-likeness (QED) is 0.868. The van der Waals surface area contributed by atoms with E-state index < -0.39 is 10.0 Å². The van der Waals surface area contributed by atoms with Gasteiger partial charge in [0.05, 0.1) is 17.1 Å². The molecule has 1 heterocycles. The van der Waals surface area contributed by atoms with E-state index in [1.807, 2.05) is 13.8 Å². The summed E-state index contributed by atoms with van der Waals surface area (Å²) < 4.78 is 46.3. The third kappa shape index (κ3) is 4.23. The molecule has 0 radical (unpaired) electrons. The fourth-order valence-electron chi connectivity index (χ4n) is 3.06. The molecule has 2 unspecified atom stereocenters. The largest absolute Gasteiger partial charge is 0.381 e. The van der Waals surface area contributed by atoms with Crippen molar-refractivity contribution in [3.8, 4) is 0 Å². The van der Waals surface area contributed by atoms with Crippen LogP contribution in [0.5, 0.6) is 0 Å². The van der Waals surface area contributed by atoms with Crippen molar-refractivity contribution in [3.05, 3.63) is 59.9 Å². The van der Waals surface area contributed by atoms with E-state index in [0.29, 0.717) is 25.2 Å². The predicted molar refractivity (Wildman–Crippen MR) is 98.9 cm³/mol. The number of benzene rings is 2. The van der Waals surface area contributed by atoms with Crippen LogP contribution in [0.3, 0.4) is 0 Å². The summed E-state index contributed by atoms with van der Waals surface area (Å²) in [7, 11) is -3.55. The van der Waals surface area contributed by atoms with E-state index in [0.717, 1.165) is 5.69 Å². The Morgan fingerprint density at radius 3 is 2.31 bits per heavy atom. The van der Waals surface area contributed by atoms with Gasteiger partial charge in [-0.3, -0.25) is 0 Å². The average Bonchev–Trinajstić information content (AvgIpc) is 2.60. The Hall–Kier alpha value is -1.96. The van der Waals surface area contributed by atoms with Gasteiger partial charge in [-0.15, -0.1) is 0 Å². The summed E-state index contributed by atoms with van der Waals surface area (Å²) in [5, 5.41) is 3.11. The van der Waals surface area contributed by atoms with E-state index in [1.165, 1.54) is 10.4 Å². The number of nitrogens with zero attached hydrogens (tertiary/aromatic N) is 1. The molecule has 0 amide bonds. The number of sulfonamides is 1. The van der Waals surface area contributed by atoms with Crippen molar-refractivity contribution in [2.45, 2.75) is 37.5 Å². The zero-order valence-electron chi connectivity index (χ0n) is 14.9. The number of halogens is 1. The Balaban J connectivity index is 1.69. The Morgan fingerprint density at radius 2 is 1.69 bits per heavy atom. The predicted octanol–water partition coefficient (Wildman–Crippen LogP) is 3.24. The zero-order valence-corrected chi connectivity index (χ0v) is 15.7. The Morgan fingerprint density at radius 1 is 1.08 bits per heavy atom. The van der Waals surface area contributed by atoms with Gasteiger partial charge in [0.1, 0.15) is 5.82 Å². The van der Waals surface area contributed by atoms with Gasteiger partial charge in [-0.05, 0) is 44.2 Å². The third-order valence-electron chi connectivity index (χ3n) is 4.32. The van der Waals surface area contributed by atoms with Crippen molar-refractivity contribution in [2.75, 3.05) is 18.4 Å². The molecule has 3 rings (SSSR count). The smallest absolute Gasteiger partial charge is 0.243 e. The zero-order chi connectivity index (χ0) is 18.7. The second-order valence-electron chi connectivity index (χ2n) is 6.55. The maximum atomic E-state index is 13.6. The topological polar surface area (TPSA) is 58.6 Å². The Bertz CT molecular complexity index is 845. The molecule has 0 spiro atoms. The number of hydrogen-bond donors (Lipinski definition) is 1. The molecule has 26 heavy (non-hydrogen) atoms. The van der Waals surface area contributed by atoms with Crippen LogP contribution in [0, 0.1) is 5.82 Å². The maximum Gasteiger partial charge on any atom is 0.243 e. The van der Waals surface area contributed by atoms with Crippen molar-refractivity contribution >= 4 is 15.7 Å². The first-order valence-corrected chi connectivity index (χ1v) is 10.0. The minimum atomic E-state index is -3.55. The van der Waals surface area contributed by atoms with E-state index in [-0.39, 0.29) is 22.9 Å². The van der Waals surface area contributed by atoms with Gasteiger partial charge in [0.25, 0.3) is 0 Å². The summed E-state index contributed by atoms with van der Waals surface area (Å²) >= 11 is 0. The maximum absolute atomic E-state index is 13.6. The van der Waals surface area contributed by atoms with Crippen LogP contribution in [-0.4, -0.2) is 38.0 Å². The van der Waals surface area contributed by atoms with Gasteiger partial charge in [-0.25, -0.2) is 12.8 Å². The van der Waals surface area contributed by atoms with Crippen LogP contribution < -0.4 is 5.32 Å². The van der Waals surface area contributed by atoms with E-state index >= 15 is 0 Å². The normalized spacial score (nSPS) is 21.5. The standard InChI is InChI=1S/C19H23FN2O3S/c1-14-12-22(13-15(2)25-14)26(23,24)18-9-7-17(8-10-18)21-11-16-5-3-4-6-19(16)20/h3-10,14-15,21H,11-13H2,1-2H3. The van der Waals surface area contributed by atoms with Crippen LogP contribution in [0.4, 0.5) is 10.1 Å². The van der Waals surface area contributed by atoms with Crippen molar-refractivity contribution in [1.29, 1.82) is 0 Å². The molecular weight excluding hydrogens is 355 g/mol. The average molecular weight is 378 g/mol. The van der Waals surface area contributed by atoms with Gasteiger partial charge in [0.2, 0.25) is 10.0 Å². The van der Waals surface area contributed by atoms with Crippen LogP contribution in [0.15, 0.2) is 53.4 Å². The van der Waals surface area contributed by atoms with Crippen LogP contribution in [0.1, 0.15) is 19.4 Å². The van der Waals surface area contributed by atoms with Crippen LogP contribution in [-0.2, 0) is 21.3 Å². The first kappa shape index (κ1) is 18.8. The molecule has 1 saturated heterocycles. The Labute approximate surface area is 153 Å². The fraction of sp³-hybridized carbons (Fsp3) is 0.368. The number of hydrogen-bond acceptors (Lipinski definition) is 4. The summed E-state index contributed by atoms with van der Waals surface area (Å²) in [5.41, 5.74) is 1.29. The van der Waals surface area contributed by atoms with Crippen LogP contribution >= 0.6 is 0 Å². The minimum Gasteiger partial charge on any atom is -0.381 e. The van der Waals surface area contributed by atoms with Gasteiger partial charge in [-0.1, -0.05) is 18.2 Å². The molecule has 5 nitrogen and oxygen atoms in total. The van der Waals surface area contributed by atoms with Gasteiger partial charge in [0, 0.05) is 30.9 Å². The highest BCUT2D eigenvalue weighted by molar-refractivity contribution is 7.89. The first-order chi connectivity index (χ1) is 12.4. The molecule has 0 saturated carbocycles. The van der Waals surface area contributed by atoms with Crippen molar-refractivity contribution in [1.82, 2.24) is 4.31 Å². The number of rotatable bonds is 5. The van der Waals surface area contributed by atoms with Gasteiger partial charge >= 0.3 is 0 Å². The van der Waals surface area contributed by atoms with E-state index in [1.54, 1.807) is 42.5 Å². The van der Waals surface area contributed by atoms with Gasteiger partial charge < -0.3 is 10.1 Å². The van der Waals surface area contributed by atoms with E-state index in [9.17, 15) is 12.8 Å². The molecule has 0 bridgehead atoms. The third-order valence-corrected chi connectivity index (χ3v) is 6.16. The molecule has 2 aromatic carbocycles. The summed E-state index contributed by atoms with van der Waals surface area (Å²) in [5.74, 6) is -0.269. The molecule has 2 atom stereocenters.